The molecule has 0 spiro atoms. The number of hydrogen-bond donors (Lipinski definition) is 0. The lowest BCUT2D eigenvalue weighted by Crippen LogP contribution is -2.26. The fourth-order valence-corrected chi connectivity index (χ4v) is 1.50. The molecular formula is C12H20N2O3. The number of aromatic nitrogens is 2. The van der Waals surface area contributed by atoms with Gasteiger partial charge in [-0.1, -0.05) is 12.1 Å². The topological polar surface area (TPSA) is 65.2 Å². The van der Waals surface area contributed by atoms with Gasteiger partial charge in [-0.15, -0.1) is 0 Å². The van der Waals surface area contributed by atoms with E-state index in [9.17, 15) is 4.79 Å². The molecule has 1 rings (SSSR count). The van der Waals surface area contributed by atoms with Gasteiger partial charge in [-0.05, 0) is 27.2 Å². The minimum absolute atomic E-state index is 0.118. The zero-order valence-corrected chi connectivity index (χ0v) is 10.9. The molecule has 1 heterocycles. The summed E-state index contributed by atoms with van der Waals surface area (Å²) in [5.74, 6) is 1.17. The van der Waals surface area contributed by atoms with E-state index in [0.717, 1.165) is 6.42 Å². The van der Waals surface area contributed by atoms with Crippen molar-refractivity contribution in [3.05, 3.63) is 11.7 Å². The van der Waals surface area contributed by atoms with Crippen LogP contribution in [0.4, 0.5) is 0 Å². The Balaban J connectivity index is 2.74. The first kappa shape index (κ1) is 13.8. The van der Waals surface area contributed by atoms with E-state index < -0.39 is 5.60 Å². The van der Waals surface area contributed by atoms with E-state index >= 15 is 0 Å². The van der Waals surface area contributed by atoms with E-state index in [1.165, 1.54) is 0 Å². The molecule has 0 saturated carbocycles. The maximum Gasteiger partial charge on any atom is 0.227 e. The molecule has 0 fully saturated rings. The zero-order valence-electron chi connectivity index (χ0n) is 10.9. The quantitative estimate of drug-likeness (QED) is 0.731. The summed E-state index contributed by atoms with van der Waals surface area (Å²) in [6.07, 6.45) is 1.69. The molecule has 5 heteroatoms. The van der Waals surface area contributed by atoms with Crippen LogP contribution in [0.3, 0.4) is 0 Å². The van der Waals surface area contributed by atoms with Crippen molar-refractivity contribution >= 4 is 5.78 Å². The number of aryl methyl sites for hydroxylation is 1. The highest BCUT2D eigenvalue weighted by Crippen LogP contribution is 2.26. The van der Waals surface area contributed by atoms with Crippen molar-refractivity contribution in [3.8, 4) is 0 Å². The van der Waals surface area contributed by atoms with Gasteiger partial charge in [-0.2, -0.15) is 4.98 Å². The zero-order chi connectivity index (χ0) is 12.9. The normalized spacial score (nSPS) is 14.6. The fourth-order valence-electron chi connectivity index (χ4n) is 1.50. The van der Waals surface area contributed by atoms with Gasteiger partial charge < -0.3 is 14.1 Å². The molecule has 0 amide bonds. The van der Waals surface area contributed by atoms with E-state index in [0.29, 0.717) is 31.2 Å². The van der Waals surface area contributed by atoms with Crippen LogP contribution in [0.15, 0.2) is 4.52 Å². The smallest absolute Gasteiger partial charge is 0.227 e. The molecule has 0 saturated heterocycles. The van der Waals surface area contributed by atoms with Crippen LogP contribution in [0.1, 0.15) is 52.3 Å². The standard InChI is InChI=1S/C12H20N2O3/c1-5-12(4,16-6-2)11-13-10(17-14-11)8-7-9(3)15/h5-8H2,1-4H3. The van der Waals surface area contributed by atoms with Gasteiger partial charge in [-0.25, -0.2) is 0 Å². The summed E-state index contributed by atoms with van der Waals surface area (Å²) in [6.45, 7) is 8.04. The third-order valence-electron chi connectivity index (χ3n) is 2.77. The first-order valence-corrected chi connectivity index (χ1v) is 5.98. The molecular weight excluding hydrogens is 220 g/mol. The van der Waals surface area contributed by atoms with Gasteiger partial charge in [0.2, 0.25) is 11.7 Å². The van der Waals surface area contributed by atoms with Gasteiger partial charge in [0.05, 0.1) is 0 Å². The summed E-state index contributed by atoms with van der Waals surface area (Å²) >= 11 is 0. The minimum atomic E-state index is -0.507. The molecule has 1 unspecified atom stereocenters. The average Bonchev–Trinajstić information content (AvgIpc) is 2.75. The molecule has 0 aromatic carbocycles. The van der Waals surface area contributed by atoms with Crippen LogP contribution in [0.25, 0.3) is 0 Å². The largest absolute Gasteiger partial charge is 0.367 e. The lowest BCUT2D eigenvalue weighted by atomic mass is 10.0. The minimum Gasteiger partial charge on any atom is -0.367 e. The Bertz CT molecular complexity index is 376. The third kappa shape index (κ3) is 3.63. The van der Waals surface area contributed by atoms with Crippen LogP contribution in [0.2, 0.25) is 0 Å². The first-order valence-electron chi connectivity index (χ1n) is 5.98. The molecule has 0 aliphatic heterocycles. The van der Waals surface area contributed by atoms with Gasteiger partial charge in [0.15, 0.2) is 0 Å². The molecule has 96 valence electrons. The number of ether oxygens (including phenoxy) is 1. The van der Waals surface area contributed by atoms with Crippen LogP contribution < -0.4 is 0 Å². The Hall–Kier alpha value is -1.23. The average molecular weight is 240 g/mol. The predicted molar refractivity (Wildman–Crippen MR) is 62.6 cm³/mol. The van der Waals surface area contributed by atoms with Crippen LogP contribution in [0, 0.1) is 0 Å². The van der Waals surface area contributed by atoms with Gasteiger partial charge in [-0.3, -0.25) is 0 Å². The lowest BCUT2D eigenvalue weighted by molar-refractivity contribution is -0.117. The van der Waals surface area contributed by atoms with E-state index in [-0.39, 0.29) is 5.78 Å². The van der Waals surface area contributed by atoms with Crippen molar-refractivity contribution < 1.29 is 14.1 Å². The Kier molecular flexibility index (Phi) is 4.81. The number of ketones is 1. The summed E-state index contributed by atoms with van der Waals surface area (Å²) in [7, 11) is 0. The summed E-state index contributed by atoms with van der Waals surface area (Å²) in [5.41, 5.74) is -0.507. The van der Waals surface area contributed by atoms with E-state index in [1.807, 2.05) is 20.8 Å². The molecule has 0 radical (unpaired) electrons. The van der Waals surface area contributed by atoms with Crippen molar-refractivity contribution in [1.29, 1.82) is 0 Å². The number of rotatable bonds is 7. The SMILES string of the molecule is CCOC(C)(CC)c1noc(CCC(C)=O)n1. The number of Topliss-reactive ketones (excluding diaryl/α,β-unsaturated/α-hetero) is 1. The molecule has 17 heavy (non-hydrogen) atoms. The molecule has 1 aromatic rings. The monoisotopic (exact) mass is 240 g/mol. The number of carbonyl (C=O) groups is 1. The van der Waals surface area contributed by atoms with Crippen LogP contribution in [-0.4, -0.2) is 22.5 Å². The maximum atomic E-state index is 10.9. The molecule has 0 N–H and O–H groups in total. The molecule has 0 aliphatic carbocycles. The molecule has 5 nitrogen and oxygen atoms in total. The number of hydrogen-bond acceptors (Lipinski definition) is 5. The van der Waals surface area contributed by atoms with Crippen LogP contribution >= 0.6 is 0 Å². The van der Waals surface area contributed by atoms with E-state index in [1.54, 1.807) is 6.92 Å². The van der Waals surface area contributed by atoms with Crippen molar-refractivity contribution in [2.24, 2.45) is 0 Å². The summed E-state index contributed by atoms with van der Waals surface area (Å²) in [6, 6.07) is 0. The highest BCUT2D eigenvalue weighted by Gasteiger charge is 2.30. The number of nitrogens with zero attached hydrogens (tertiary/aromatic N) is 2. The second-order valence-electron chi connectivity index (χ2n) is 4.23. The van der Waals surface area contributed by atoms with Gasteiger partial charge in [0.25, 0.3) is 0 Å². The van der Waals surface area contributed by atoms with E-state index in [4.69, 9.17) is 9.26 Å². The summed E-state index contributed by atoms with van der Waals surface area (Å²) in [4.78, 5) is 15.2. The second-order valence-corrected chi connectivity index (χ2v) is 4.23. The second kappa shape index (κ2) is 5.91. The van der Waals surface area contributed by atoms with E-state index in [2.05, 4.69) is 10.1 Å². The van der Waals surface area contributed by atoms with Crippen molar-refractivity contribution in [1.82, 2.24) is 10.1 Å². The molecule has 0 bridgehead atoms. The third-order valence-corrected chi connectivity index (χ3v) is 2.77. The summed E-state index contributed by atoms with van der Waals surface area (Å²) < 4.78 is 10.8. The Labute approximate surface area is 102 Å². The highest BCUT2D eigenvalue weighted by atomic mass is 16.5. The molecule has 1 atom stereocenters. The highest BCUT2D eigenvalue weighted by molar-refractivity contribution is 5.75. The first-order chi connectivity index (χ1) is 8.01. The fraction of sp³-hybridized carbons (Fsp3) is 0.750. The van der Waals surface area contributed by atoms with Crippen molar-refractivity contribution in [3.63, 3.8) is 0 Å². The Morgan fingerprint density at radius 3 is 2.71 bits per heavy atom. The Morgan fingerprint density at radius 1 is 1.47 bits per heavy atom. The predicted octanol–water partition coefficient (Wildman–Crippen LogP) is 2.25. The summed E-state index contributed by atoms with van der Waals surface area (Å²) in [5, 5.41) is 3.93. The van der Waals surface area contributed by atoms with Crippen LogP contribution in [-0.2, 0) is 21.6 Å². The number of carbonyl (C=O) groups excluding carboxylic acids is 1. The van der Waals surface area contributed by atoms with Crippen molar-refractivity contribution in [2.75, 3.05) is 6.61 Å². The van der Waals surface area contributed by atoms with Gasteiger partial charge >= 0.3 is 0 Å². The molecule has 1 aromatic heterocycles. The maximum absolute atomic E-state index is 10.9. The van der Waals surface area contributed by atoms with Crippen LogP contribution in [0.5, 0.6) is 0 Å². The van der Waals surface area contributed by atoms with Gasteiger partial charge in [0.1, 0.15) is 11.4 Å². The van der Waals surface area contributed by atoms with Gasteiger partial charge in [0, 0.05) is 19.4 Å². The lowest BCUT2D eigenvalue weighted by Gasteiger charge is -2.23. The Morgan fingerprint density at radius 2 is 2.18 bits per heavy atom. The molecule has 0 aliphatic rings. The van der Waals surface area contributed by atoms with Crippen molar-refractivity contribution in [2.45, 2.75) is 52.6 Å².